The van der Waals surface area contributed by atoms with Crippen LogP contribution >= 0.6 is 22.9 Å². The topological polar surface area (TPSA) is 63.1 Å². The van der Waals surface area contributed by atoms with Crippen molar-refractivity contribution in [2.45, 2.75) is 6.92 Å². The molecule has 14 heavy (non-hydrogen) atoms. The maximum atomic E-state index is 10.8. The minimum Gasteiger partial charge on any atom is -0.478 e. The van der Waals surface area contributed by atoms with Gasteiger partial charge in [0.15, 0.2) is 5.15 Å². The van der Waals surface area contributed by atoms with Crippen molar-refractivity contribution in [3.05, 3.63) is 21.9 Å². The summed E-state index contributed by atoms with van der Waals surface area (Å²) >= 11 is 7.09. The van der Waals surface area contributed by atoms with Crippen LogP contribution in [-0.4, -0.2) is 21.0 Å². The van der Waals surface area contributed by atoms with E-state index in [0.29, 0.717) is 21.2 Å². The van der Waals surface area contributed by atoms with E-state index in [4.69, 9.17) is 16.7 Å². The van der Waals surface area contributed by atoms with E-state index in [1.807, 2.05) is 0 Å². The molecule has 0 spiro atoms. The molecule has 72 valence electrons. The van der Waals surface area contributed by atoms with Crippen LogP contribution in [0.25, 0.3) is 10.2 Å². The van der Waals surface area contributed by atoms with Gasteiger partial charge >= 0.3 is 5.97 Å². The van der Waals surface area contributed by atoms with E-state index < -0.39 is 5.97 Å². The Balaban J connectivity index is 2.85. The van der Waals surface area contributed by atoms with Crippen molar-refractivity contribution in [1.29, 1.82) is 0 Å². The zero-order valence-electron chi connectivity index (χ0n) is 7.11. The smallest absolute Gasteiger partial charge is 0.338 e. The van der Waals surface area contributed by atoms with E-state index in [1.54, 1.807) is 6.92 Å². The number of hydrogen-bond acceptors (Lipinski definition) is 4. The molecule has 2 aromatic rings. The average molecular weight is 229 g/mol. The number of carbonyl (C=O) groups is 1. The Hall–Kier alpha value is -1.20. The predicted molar refractivity (Wildman–Crippen MR) is 54.1 cm³/mol. The van der Waals surface area contributed by atoms with Gasteiger partial charge in [-0.05, 0) is 6.92 Å². The van der Waals surface area contributed by atoms with Gasteiger partial charge in [0.2, 0.25) is 0 Å². The number of aromatic nitrogens is 2. The van der Waals surface area contributed by atoms with Crippen LogP contribution in [0.2, 0.25) is 5.15 Å². The van der Waals surface area contributed by atoms with E-state index >= 15 is 0 Å². The zero-order valence-corrected chi connectivity index (χ0v) is 8.69. The summed E-state index contributed by atoms with van der Waals surface area (Å²) in [6.45, 7) is 1.68. The van der Waals surface area contributed by atoms with Crippen molar-refractivity contribution < 1.29 is 9.90 Å². The SMILES string of the molecule is Cc1nc(Cl)c2scc(C(=O)O)c2n1. The minimum absolute atomic E-state index is 0.178. The summed E-state index contributed by atoms with van der Waals surface area (Å²) in [5.74, 6) is -0.520. The maximum Gasteiger partial charge on any atom is 0.338 e. The quantitative estimate of drug-likeness (QED) is 0.761. The minimum atomic E-state index is -0.995. The number of nitrogens with zero attached hydrogens (tertiary/aromatic N) is 2. The Morgan fingerprint density at radius 1 is 1.57 bits per heavy atom. The first-order valence-corrected chi connectivity index (χ1v) is 5.00. The summed E-state index contributed by atoms with van der Waals surface area (Å²) in [4.78, 5) is 18.8. The normalized spacial score (nSPS) is 10.7. The largest absolute Gasteiger partial charge is 0.478 e. The fourth-order valence-corrected chi connectivity index (χ4v) is 2.34. The van der Waals surface area contributed by atoms with Crippen LogP contribution in [0.15, 0.2) is 5.38 Å². The van der Waals surface area contributed by atoms with Gasteiger partial charge in [-0.3, -0.25) is 0 Å². The fourth-order valence-electron chi connectivity index (χ4n) is 1.14. The van der Waals surface area contributed by atoms with E-state index in [0.717, 1.165) is 0 Å². The summed E-state index contributed by atoms with van der Waals surface area (Å²) in [7, 11) is 0. The Morgan fingerprint density at radius 3 is 2.93 bits per heavy atom. The van der Waals surface area contributed by atoms with Crippen LogP contribution < -0.4 is 0 Å². The van der Waals surface area contributed by atoms with Gasteiger partial charge in [-0.1, -0.05) is 11.6 Å². The number of carboxylic acid groups (broad SMARTS) is 1. The second kappa shape index (κ2) is 3.18. The highest BCUT2D eigenvalue weighted by Crippen LogP contribution is 2.29. The molecule has 0 aliphatic rings. The molecule has 0 saturated carbocycles. The van der Waals surface area contributed by atoms with Crippen LogP contribution in [0, 0.1) is 6.92 Å². The van der Waals surface area contributed by atoms with Crippen molar-refractivity contribution in [2.75, 3.05) is 0 Å². The van der Waals surface area contributed by atoms with Crippen molar-refractivity contribution >= 4 is 39.1 Å². The molecule has 2 aromatic heterocycles. The van der Waals surface area contributed by atoms with E-state index in [-0.39, 0.29) is 5.56 Å². The van der Waals surface area contributed by atoms with Crippen LogP contribution in [-0.2, 0) is 0 Å². The molecular formula is C8H5ClN2O2S. The first-order chi connectivity index (χ1) is 6.59. The summed E-state index contributed by atoms with van der Waals surface area (Å²) in [6.07, 6.45) is 0. The van der Waals surface area contributed by atoms with Crippen LogP contribution in [0.4, 0.5) is 0 Å². The lowest BCUT2D eigenvalue weighted by Crippen LogP contribution is -1.97. The molecule has 0 atom stereocenters. The van der Waals surface area contributed by atoms with Crippen LogP contribution in [0.3, 0.4) is 0 Å². The van der Waals surface area contributed by atoms with Gasteiger partial charge in [0, 0.05) is 5.38 Å². The van der Waals surface area contributed by atoms with Crippen LogP contribution in [0.5, 0.6) is 0 Å². The third kappa shape index (κ3) is 1.34. The highest BCUT2D eigenvalue weighted by Gasteiger charge is 2.15. The van der Waals surface area contributed by atoms with Crippen molar-refractivity contribution in [1.82, 2.24) is 9.97 Å². The fraction of sp³-hybridized carbons (Fsp3) is 0.125. The maximum absolute atomic E-state index is 10.8. The number of hydrogen-bond donors (Lipinski definition) is 1. The van der Waals surface area contributed by atoms with Crippen molar-refractivity contribution in [3.63, 3.8) is 0 Å². The lowest BCUT2D eigenvalue weighted by atomic mass is 10.3. The number of aromatic carboxylic acids is 1. The molecule has 0 aliphatic carbocycles. The van der Waals surface area contributed by atoms with E-state index in [9.17, 15) is 4.79 Å². The zero-order chi connectivity index (χ0) is 10.3. The third-order valence-electron chi connectivity index (χ3n) is 1.72. The summed E-state index contributed by atoms with van der Waals surface area (Å²) in [5, 5.41) is 10.7. The van der Waals surface area contributed by atoms with Crippen molar-refractivity contribution in [3.8, 4) is 0 Å². The van der Waals surface area contributed by atoms with Gasteiger partial charge < -0.3 is 5.11 Å². The van der Waals surface area contributed by atoms with Crippen molar-refractivity contribution in [2.24, 2.45) is 0 Å². The molecule has 2 rings (SSSR count). The molecule has 0 radical (unpaired) electrons. The van der Waals surface area contributed by atoms with Gasteiger partial charge in [0.25, 0.3) is 0 Å². The van der Waals surface area contributed by atoms with Gasteiger partial charge in [0.1, 0.15) is 11.3 Å². The lowest BCUT2D eigenvalue weighted by molar-refractivity contribution is 0.0699. The molecule has 0 aromatic carbocycles. The summed E-state index contributed by atoms with van der Waals surface area (Å²) in [6, 6.07) is 0. The van der Waals surface area contributed by atoms with Gasteiger partial charge in [-0.15, -0.1) is 11.3 Å². The van der Waals surface area contributed by atoms with Gasteiger partial charge in [-0.2, -0.15) is 0 Å². The second-order valence-electron chi connectivity index (χ2n) is 2.69. The molecule has 4 nitrogen and oxygen atoms in total. The van der Waals surface area contributed by atoms with Gasteiger partial charge in [0.05, 0.1) is 10.3 Å². The lowest BCUT2D eigenvalue weighted by Gasteiger charge is -1.96. The monoisotopic (exact) mass is 228 g/mol. The molecule has 0 fully saturated rings. The first kappa shape index (κ1) is 9.36. The molecule has 0 bridgehead atoms. The number of carboxylic acids is 1. The molecule has 0 unspecified atom stereocenters. The summed E-state index contributed by atoms with van der Waals surface area (Å²) in [5.41, 5.74) is 0.595. The summed E-state index contributed by atoms with van der Waals surface area (Å²) < 4.78 is 0.620. The third-order valence-corrected chi connectivity index (χ3v) is 3.08. The predicted octanol–water partition coefficient (Wildman–Crippen LogP) is 2.35. The molecule has 0 amide bonds. The van der Waals surface area contributed by atoms with Crippen LogP contribution in [0.1, 0.15) is 16.2 Å². The molecular weight excluding hydrogens is 224 g/mol. The van der Waals surface area contributed by atoms with E-state index in [2.05, 4.69) is 9.97 Å². The van der Waals surface area contributed by atoms with E-state index in [1.165, 1.54) is 16.7 Å². The molecule has 0 aliphatic heterocycles. The molecule has 6 heteroatoms. The highest BCUT2D eigenvalue weighted by atomic mass is 35.5. The first-order valence-electron chi connectivity index (χ1n) is 3.74. The van der Waals surface area contributed by atoms with Gasteiger partial charge in [-0.25, -0.2) is 14.8 Å². The number of rotatable bonds is 1. The number of fused-ring (bicyclic) bond motifs is 1. The number of aryl methyl sites for hydroxylation is 1. The standard InChI is InChI=1S/C8H5ClN2O2S/c1-3-10-5-4(8(12)13)2-14-6(5)7(9)11-3/h2H,1H3,(H,12,13). The molecule has 0 saturated heterocycles. The Morgan fingerprint density at radius 2 is 2.29 bits per heavy atom. The Kier molecular flexibility index (Phi) is 2.13. The average Bonchev–Trinajstić information content (AvgIpc) is 2.47. The number of halogens is 1. The molecule has 1 N–H and O–H groups in total. The highest BCUT2D eigenvalue weighted by molar-refractivity contribution is 7.18. The number of thiophene rings is 1. The second-order valence-corrected chi connectivity index (χ2v) is 3.93. The molecule has 2 heterocycles. The Labute approximate surface area is 88.2 Å². The Bertz CT molecular complexity index is 523.